The maximum atomic E-state index is 12.5. The van der Waals surface area contributed by atoms with Gasteiger partial charge in [0.15, 0.2) is 16.7 Å². The van der Waals surface area contributed by atoms with Crippen molar-refractivity contribution in [1.29, 1.82) is 0 Å². The predicted molar refractivity (Wildman–Crippen MR) is 134 cm³/mol. The Bertz CT molecular complexity index is 1350. The summed E-state index contributed by atoms with van der Waals surface area (Å²) < 4.78 is 21.3. The molecule has 0 radical (unpaired) electrons. The Morgan fingerprint density at radius 2 is 1.97 bits per heavy atom. The number of nitrogens with one attached hydrogen (secondary N) is 1. The van der Waals surface area contributed by atoms with Crippen LogP contribution in [0.25, 0.3) is 6.08 Å². The summed E-state index contributed by atoms with van der Waals surface area (Å²) in [6.45, 7) is 2.02. The number of hydrogen-bond donors (Lipinski definition) is 1. The molecule has 3 aromatic rings. The van der Waals surface area contributed by atoms with Crippen LogP contribution in [0, 0.1) is 6.92 Å². The SMILES string of the molecule is COC(=O)c1ccc(COc2ccc(/C=C3/SC(=Nc4cc(Cl)ccc4C)NC3=O)cc2OC)o1. The molecule has 0 spiro atoms. The molecule has 0 atom stereocenters. The second-order valence-corrected chi connectivity index (χ2v) is 8.84. The highest BCUT2D eigenvalue weighted by atomic mass is 35.5. The summed E-state index contributed by atoms with van der Waals surface area (Å²) in [6.07, 6.45) is 1.74. The number of benzene rings is 2. The molecule has 0 saturated carbocycles. The summed E-state index contributed by atoms with van der Waals surface area (Å²) in [6, 6.07) is 13.9. The fourth-order valence-corrected chi connectivity index (χ4v) is 4.15. The Labute approximate surface area is 210 Å². The van der Waals surface area contributed by atoms with Gasteiger partial charge in [0.2, 0.25) is 5.76 Å². The van der Waals surface area contributed by atoms with E-state index in [1.54, 1.807) is 42.5 Å². The van der Waals surface area contributed by atoms with Crippen molar-refractivity contribution in [3.05, 3.63) is 81.1 Å². The van der Waals surface area contributed by atoms with Gasteiger partial charge in [0.25, 0.3) is 5.91 Å². The number of aliphatic imine (C=N–C) groups is 1. The highest BCUT2D eigenvalue weighted by Crippen LogP contribution is 2.33. The van der Waals surface area contributed by atoms with Gasteiger partial charge < -0.3 is 23.9 Å². The zero-order valence-electron chi connectivity index (χ0n) is 19.1. The van der Waals surface area contributed by atoms with Gasteiger partial charge in [-0.15, -0.1) is 0 Å². The molecule has 2 heterocycles. The number of furan rings is 1. The van der Waals surface area contributed by atoms with Crippen molar-refractivity contribution in [3.63, 3.8) is 0 Å². The lowest BCUT2D eigenvalue weighted by atomic mass is 10.2. The lowest BCUT2D eigenvalue weighted by Gasteiger charge is -2.10. The van der Waals surface area contributed by atoms with Crippen LogP contribution in [0.5, 0.6) is 11.5 Å². The Hall–Kier alpha value is -3.69. The molecule has 1 aromatic heterocycles. The molecule has 10 heteroatoms. The third kappa shape index (κ3) is 5.87. The summed E-state index contributed by atoms with van der Waals surface area (Å²) in [4.78, 5) is 29.0. The Kier molecular flexibility index (Phi) is 7.48. The number of amidine groups is 1. The van der Waals surface area contributed by atoms with Gasteiger partial charge >= 0.3 is 5.97 Å². The van der Waals surface area contributed by atoms with Gasteiger partial charge in [-0.2, -0.15) is 0 Å². The minimum absolute atomic E-state index is 0.0921. The van der Waals surface area contributed by atoms with Crippen LogP contribution in [0.2, 0.25) is 5.02 Å². The monoisotopic (exact) mass is 512 g/mol. The number of carbonyl (C=O) groups excluding carboxylic acids is 2. The largest absolute Gasteiger partial charge is 0.493 e. The first kappa shape index (κ1) is 24.4. The first-order chi connectivity index (χ1) is 16.9. The molecule has 2 aromatic carbocycles. The molecule has 1 saturated heterocycles. The van der Waals surface area contributed by atoms with Crippen molar-refractivity contribution in [2.75, 3.05) is 14.2 Å². The highest BCUT2D eigenvalue weighted by molar-refractivity contribution is 8.18. The van der Waals surface area contributed by atoms with Crippen LogP contribution in [-0.2, 0) is 16.1 Å². The molecule has 35 heavy (non-hydrogen) atoms. The van der Waals surface area contributed by atoms with Crippen LogP contribution in [0.4, 0.5) is 5.69 Å². The van der Waals surface area contributed by atoms with Crippen molar-refractivity contribution >= 4 is 52.2 Å². The van der Waals surface area contributed by atoms with E-state index in [9.17, 15) is 9.59 Å². The van der Waals surface area contributed by atoms with Crippen LogP contribution >= 0.6 is 23.4 Å². The molecule has 1 fully saturated rings. The van der Waals surface area contributed by atoms with Crippen LogP contribution in [-0.4, -0.2) is 31.3 Å². The molecule has 0 bridgehead atoms. The molecular weight excluding hydrogens is 492 g/mol. The fourth-order valence-electron chi connectivity index (χ4n) is 3.15. The van der Waals surface area contributed by atoms with E-state index >= 15 is 0 Å². The molecule has 4 rings (SSSR count). The number of thioether (sulfide) groups is 1. The second kappa shape index (κ2) is 10.7. The summed E-state index contributed by atoms with van der Waals surface area (Å²) in [5.74, 6) is 0.710. The third-order valence-corrected chi connectivity index (χ3v) is 6.09. The van der Waals surface area contributed by atoms with Gasteiger partial charge in [0.05, 0.1) is 24.8 Å². The van der Waals surface area contributed by atoms with E-state index in [0.29, 0.717) is 38.0 Å². The van der Waals surface area contributed by atoms with E-state index < -0.39 is 5.97 Å². The Morgan fingerprint density at radius 1 is 1.14 bits per heavy atom. The minimum atomic E-state index is -0.559. The Balaban J connectivity index is 1.47. The molecule has 0 unspecified atom stereocenters. The van der Waals surface area contributed by atoms with Crippen molar-refractivity contribution in [2.45, 2.75) is 13.5 Å². The highest BCUT2D eigenvalue weighted by Gasteiger charge is 2.24. The number of rotatable bonds is 7. The number of methoxy groups -OCH3 is 2. The van der Waals surface area contributed by atoms with Gasteiger partial charge in [0.1, 0.15) is 12.4 Å². The predicted octanol–water partition coefficient (Wildman–Crippen LogP) is 5.51. The topological polar surface area (TPSA) is 99.4 Å². The zero-order chi connectivity index (χ0) is 24.9. The van der Waals surface area contributed by atoms with Gasteiger partial charge in [-0.3, -0.25) is 4.79 Å². The Morgan fingerprint density at radius 3 is 2.74 bits per heavy atom. The van der Waals surface area contributed by atoms with Crippen molar-refractivity contribution in [1.82, 2.24) is 5.32 Å². The molecular formula is C25H21ClN2O6S. The number of nitrogens with zero attached hydrogens (tertiary/aromatic N) is 1. The van der Waals surface area contributed by atoms with Gasteiger partial charge in [-0.25, -0.2) is 9.79 Å². The molecule has 1 amide bonds. The first-order valence-corrected chi connectivity index (χ1v) is 11.6. The smallest absolute Gasteiger partial charge is 0.373 e. The maximum Gasteiger partial charge on any atom is 0.373 e. The summed E-state index contributed by atoms with van der Waals surface area (Å²) in [5, 5.41) is 3.83. The van der Waals surface area contributed by atoms with Crippen LogP contribution in [0.15, 0.2) is 62.8 Å². The molecule has 0 aliphatic carbocycles. The van der Waals surface area contributed by atoms with E-state index in [1.165, 1.54) is 32.0 Å². The van der Waals surface area contributed by atoms with Gasteiger partial charge in [0, 0.05) is 5.02 Å². The van der Waals surface area contributed by atoms with Crippen molar-refractivity contribution in [3.8, 4) is 11.5 Å². The van der Waals surface area contributed by atoms with Crippen LogP contribution in [0.1, 0.15) is 27.4 Å². The van der Waals surface area contributed by atoms with Crippen molar-refractivity contribution in [2.24, 2.45) is 4.99 Å². The summed E-state index contributed by atoms with van der Waals surface area (Å²) in [7, 11) is 2.81. The lowest BCUT2D eigenvalue weighted by Crippen LogP contribution is -2.19. The maximum absolute atomic E-state index is 12.5. The van der Waals surface area contributed by atoms with Gasteiger partial charge in [-0.05, 0) is 72.3 Å². The van der Waals surface area contributed by atoms with Crippen LogP contribution < -0.4 is 14.8 Å². The average Bonchev–Trinajstić information content (AvgIpc) is 3.46. The molecule has 1 N–H and O–H groups in total. The number of carbonyl (C=O) groups is 2. The lowest BCUT2D eigenvalue weighted by molar-refractivity contribution is -0.115. The van der Waals surface area contributed by atoms with E-state index in [2.05, 4.69) is 15.0 Å². The number of ether oxygens (including phenoxy) is 3. The number of hydrogen-bond acceptors (Lipinski definition) is 8. The number of esters is 1. The molecule has 1 aliphatic rings. The minimum Gasteiger partial charge on any atom is -0.493 e. The molecule has 8 nitrogen and oxygen atoms in total. The normalized spacial score (nSPS) is 15.4. The van der Waals surface area contributed by atoms with E-state index in [-0.39, 0.29) is 18.3 Å². The summed E-state index contributed by atoms with van der Waals surface area (Å²) in [5.41, 5.74) is 2.39. The third-order valence-electron chi connectivity index (χ3n) is 4.95. The number of amides is 1. The van der Waals surface area contributed by atoms with E-state index in [4.69, 9.17) is 25.5 Å². The van der Waals surface area contributed by atoms with Gasteiger partial charge in [-0.1, -0.05) is 23.7 Å². The second-order valence-electron chi connectivity index (χ2n) is 7.37. The van der Waals surface area contributed by atoms with Crippen LogP contribution in [0.3, 0.4) is 0 Å². The summed E-state index contributed by atoms with van der Waals surface area (Å²) >= 11 is 7.30. The first-order valence-electron chi connectivity index (χ1n) is 10.4. The zero-order valence-corrected chi connectivity index (χ0v) is 20.7. The number of aryl methyl sites for hydroxylation is 1. The molecule has 180 valence electrons. The fraction of sp³-hybridized carbons (Fsp3) is 0.160. The quantitative estimate of drug-likeness (QED) is 0.329. The molecule has 1 aliphatic heterocycles. The average molecular weight is 513 g/mol. The standard InChI is InChI=1S/C25H21ClN2O6S/c1-14-4-6-16(26)12-18(14)27-25-28-23(29)22(35-25)11-15-5-8-19(21(10-15)31-2)33-13-17-7-9-20(34-17)24(30)32-3/h4-12H,13H2,1-3H3,(H,27,28,29)/b22-11+. The van der Waals surface area contributed by atoms with Crippen molar-refractivity contribution < 1.29 is 28.2 Å². The van der Waals surface area contributed by atoms with E-state index in [0.717, 1.165) is 11.1 Å². The van der Waals surface area contributed by atoms with E-state index in [1.807, 2.05) is 13.0 Å². The number of halogens is 1.